The summed E-state index contributed by atoms with van der Waals surface area (Å²) in [5.74, 6) is 1.37. The monoisotopic (exact) mass is 416 g/mol. The van der Waals surface area contributed by atoms with Crippen molar-refractivity contribution in [1.29, 1.82) is 0 Å². The van der Waals surface area contributed by atoms with Crippen LogP contribution < -0.4 is 14.8 Å². The second kappa shape index (κ2) is 8.80. The lowest BCUT2D eigenvalue weighted by atomic mass is 10.1. The number of aromatic nitrogens is 1. The van der Waals surface area contributed by atoms with E-state index >= 15 is 0 Å². The molecule has 4 rings (SSSR count). The molecule has 0 fully saturated rings. The van der Waals surface area contributed by atoms with Crippen LogP contribution in [0, 0.1) is 0 Å². The van der Waals surface area contributed by atoms with Crippen LogP contribution in [0.5, 0.6) is 11.5 Å². The summed E-state index contributed by atoms with van der Waals surface area (Å²) in [7, 11) is 3.28. The zero-order chi connectivity index (χ0) is 20.9. The summed E-state index contributed by atoms with van der Waals surface area (Å²) in [6.07, 6.45) is 0. The lowest BCUT2D eigenvalue weighted by Gasteiger charge is -2.05. The average molecular weight is 417 g/mol. The lowest BCUT2D eigenvalue weighted by molar-refractivity contribution is 0.102. The molecule has 150 valence electrons. The number of thiazole rings is 1. The number of amides is 1. The number of rotatable bonds is 6. The van der Waals surface area contributed by atoms with E-state index in [1.165, 1.54) is 11.3 Å². The van der Waals surface area contributed by atoms with Crippen LogP contribution in [0.15, 0.2) is 78.9 Å². The minimum absolute atomic E-state index is 0.188. The van der Waals surface area contributed by atoms with Crippen molar-refractivity contribution in [2.45, 2.75) is 0 Å². The highest BCUT2D eigenvalue weighted by Gasteiger charge is 2.17. The fraction of sp³-hybridized carbons (Fsp3) is 0.0833. The number of anilines is 1. The molecule has 0 aliphatic rings. The largest absolute Gasteiger partial charge is 0.497 e. The number of nitrogens with zero attached hydrogens (tertiary/aromatic N) is 1. The summed E-state index contributed by atoms with van der Waals surface area (Å²) in [6, 6.07) is 24.6. The van der Waals surface area contributed by atoms with Gasteiger partial charge in [-0.1, -0.05) is 29.5 Å². The Bertz CT molecular complexity index is 1070. The van der Waals surface area contributed by atoms with E-state index in [4.69, 9.17) is 14.5 Å². The van der Waals surface area contributed by atoms with E-state index in [2.05, 4.69) is 5.32 Å². The van der Waals surface area contributed by atoms with Gasteiger partial charge >= 0.3 is 0 Å². The van der Waals surface area contributed by atoms with Crippen molar-refractivity contribution in [2.24, 2.45) is 0 Å². The molecule has 0 aliphatic heterocycles. The third-order valence-corrected chi connectivity index (χ3v) is 5.62. The zero-order valence-corrected chi connectivity index (χ0v) is 17.4. The van der Waals surface area contributed by atoms with Gasteiger partial charge in [0, 0.05) is 11.1 Å². The fourth-order valence-corrected chi connectivity index (χ4v) is 4.00. The summed E-state index contributed by atoms with van der Waals surface area (Å²) < 4.78 is 10.5. The van der Waals surface area contributed by atoms with Crippen LogP contribution >= 0.6 is 11.3 Å². The van der Waals surface area contributed by atoms with Crippen LogP contribution in [0.4, 0.5) is 5.13 Å². The summed E-state index contributed by atoms with van der Waals surface area (Å²) in [4.78, 5) is 18.3. The first-order chi connectivity index (χ1) is 14.7. The third kappa shape index (κ3) is 4.18. The molecule has 1 heterocycles. The van der Waals surface area contributed by atoms with Gasteiger partial charge < -0.3 is 9.47 Å². The van der Waals surface area contributed by atoms with Crippen LogP contribution in [0.2, 0.25) is 0 Å². The van der Waals surface area contributed by atoms with E-state index in [9.17, 15) is 4.79 Å². The molecule has 0 aliphatic carbocycles. The van der Waals surface area contributed by atoms with E-state index in [0.29, 0.717) is 10.7 Å². The lowest BCUT2D eigenvalue weighted by Crippen LogP contribution is -2.11. The maximum atomic E-state index is 12.6. The summed E-state index contributed by atoms with van der Waals surface area (Å²) in [5.41, 5.74) is 3.33. The highest BCUT2D eigenvalue weighted by Crippen LogP contribution is 2.40. The number of hydrogen-bond acceptors (Lipinski definition) is 5. The quantitative estimate of drug-likeness (QED) is 0.435. The van der Waals surface area contributed by atoms with Crippen LogP contribution in [-0.2, 0) is 0 Å². The predicted molar refractivity (Wildman–Crippen MR) is 120 cm³/mol. The van der Waals surface area contributed by atoms with Crippen molar-refractivity contribution >= 4 is 22.4 Å². The molecular weight excluding hydrogens is 396 g/mol. The molecule has 0 radical (unpaired) electrons. The van der Waals surface area contributed by atoms with Crippen molar-refractivity contribution < 1.29 is 14.3 Å². The first kappa shape index (κ1) is 19.7. The Morgan fingerprint density at radius 3 is 1.93 bits per heavy atom. The second-order valence-electron chi connectivity index (χ2n) is 6.47. The Balaban J connectivity index is 1.73. The van der Waals surface area contributed by atoms with E-state index in [-0.39, 0.29) is 5.91 Å². The number of ether oxygens (including phenoxy) is 2. The Morgan fingerprint density at radius 1 is 0.800 bits per heavy atom. The highest BCUT2D eigenvalue weighted by molar-refractivity contribution is 7.19. The standard InChI is InChI=1S/C24H20N2O3S/c1-28-19-12-8-16(9-13-19)21-22(17-10-14-20(29-2)15-11-17)30-24(25-21)26-23(27)18-6-4-3-5-7-18/h3-15H,1-2H3,(H,25,26,27). The first-order valence-corrected chi connectivity index (χ1v) is 10.2. The number of benzene rings is 3. The van der Waals surface area contributed by atoms with E-state index < -0.39 is 0 Å². The van der Waals surface area contributed by atoms with Crippen LogP contribution in [0.3, 0.4) is 0 Å². The van der Waals surface area contributed by atoms with E-state index in [0.717, 1.165) is 33.2 Å². The maximum Gasteiger partial charge on any atom is 0.257 e. The molecule has 0 atom stereocenters. The van der Waals surface area contributed by atoms with Crippen LogP contribution in [0.1, 0.15) is 10.4 Å². The molecule has 4 aromatic rings. The maximum absolute atomic E-state index is 12.6. The van der Waals surface area contributed by atoms with Gasteiger partial charge in [0.15, 0.2) is 5.13 Å². The van der Waals surface area contributed by atoms with Crippen molar-refractivity contribution in [2.75, 3.05) is 19.5 Å². The number of carbonyl (C=O) groups excluding carboxylic acids is 1. The molecule has 1 N–H and O–H groups in total. The van der Waals surface area contributed by atoms with Gasteiger partial charge in [0.2, 0.25) is 0 Å². The van der Waals surface area contributed by atoms with Crippen LogP contribution in [0.25, 0.3) is 21.7 Å². The normalized spacial score (nSPS) is 10.5. The Labute approximate surface area is 178 Å². The van der Waals surface area contributed by atoms with Gasteiger partial charge in [-0.25, -0.2) is 4.98 Å². The SMILES string of the molecule is COc1ccc(-c2nc(NC(=O)c3ccccc3)sc2-c2ccc(OC)cc2)cc1. The van der Waals surface area contributed by atoms with E-state index in [1.807, 2.05) is 66.7 Å². The van der Waals surface area contributed by atoms with Gasteiger partial charge in [0.25, 0.3) is 5.91 Å². The summed E-state index contributed by atoms with van der Waals surface area (Å²) in [6.45, 7) is 0. The Hall–Kier alpha value is -3.64. The predicted octanol–water partition coefficient (Wildman–Crippen LogP) is 5.75. The van der Waals surface area contributed by atoms with Gasteiger partial charge in [0.05, 0.1) is 24.8 Å². The van der Waals surface area contributed by atoms with Crippen molar-refractivity contribution in [1.82, 2.24) is 4.98 Å². The second-order valence-corrected chi connectivity index (χ2v) is 7.47. The zero-order valence-electron chi connectivity index (χ0n) is 16.6. The summed E-state index contributed by atoms with van der Waals surface area (Å²) in [5, 5.41) is 3.46. The highest BCUT2D eigenvalue weighted by atomic mass is 32.1. The molecule has 0 unspecified atom stereocenters. The number of methoxy groups -OCH3 is 2. The molecule has 0 bridgehead atoms. The third-order valence-electron chi connectivity index (χ3n) is 4.60. The van der Waals surface area contributed by atoms with Gasteiger partial charge in [-0.2, -0.15) is 0 Å². The minimum atomic E-state index is -0.188. The smallest absolute Gasteiger partial charge is 0.257 e. The van der Waals surface area contributed by atoms with Crippen molar-refractivity contribution in [3.63, 3.8) is 0 Å². The number of carbonyl (C=O) groups is 1. The molecular formula is C24H20N2O3S. The number of nitrogens with one attached hydrogen (secondary N) is 1. The van der Waals surface area contributed by atoms with Gasteiger partial charge in [0.1, 0.15) is 11.5 Å². The molecule has 5 nitrogen and oxygen atoms in total. The molecule has 3 aromatic carbocycles. The molecule has 0 spiro atoms. The molecule has 0 saturated carbocycles. The first-order valence-electron chi connectivity index (χ1n) is 9.34. The molecule has 1 aromatic heterocycles. The van der Waals surface area contributed by atoms with Gasteiger partial charge in [-0.15, -0.1) is 0 Å². The fourth-order valence-electron chi connectivity index (χ4n) is 3.02. The molecule has 30 heavy (non-hydrogen) atoms. The average Bonchev–Trinajstić information content (AvgIpc) is 3.23. The van der Waals surface area contributed by atoms with Crippen LogP contribution in [-0.4, -0.2) is 25.1 Å². The molecule has 1 amide bonds. The van der Waals surface area contributed by atoms with E-state index in [1.54, 1.807) is 26.4 Å². The topological polar surface area (TPSA) is 60.5 Å². The van der Waals surface area contributed by atoms with Gasteiger partial charge in [-0.3, -0.25) is 10.1 Å². The summed E-state index contributed by atoms with van der Waals surface area (Å²) >= 11 is 1.44. The number of hydrogen-bond donors (Lipinski definition) is 1. The molecule has 6 heteroatoms. The molecule has 0 saturated heterocycles. The minimum Gasteiger partial charge on any atom is -0.497 e. The van der Waals surface area contributed by atoms with Crippen molar-refractivity contribution in [3.8, 4) is 33.2 Å². The van der Waals surface area contributed by atoms with Gasteiger partial charge in [-0.05, 0) is 66.2 Å². The Morgan fingerprint density at radius 2 is 1.37 bits per heavy atom. The van der Waals surface area contributed by atoms with Crippen molar-refractivity contribution in [3.05, 3.63) is 84.4 Å². The Kier molecular flexibility index (Phi) is 5.77.